The summed E-state index contributed by atoms with van der Waals surface area (Å²) in [5.41, 5.74) is 3.93. The molecule has 0 aromatic heterocycles. The predicted octanol–water partition coefficient (Wildman–Crippen LogP) is 3.03. The van der Waals surface area contributed by atoms with Crippen molar-refractivity contribution >= 4 is 11.8 Å². The summed E-state index contributed by atoms with van der Waals surface area (Å²) in [6.45, 7) is 13.9. The average molecular weight is 388 g/mol. The summed E-state index contributed by atoms with van der Waals surface area (Å²) < 4.78 is 0. The molecule has 0 saturated carbocycles. The van der Waals surface area contributed by atoms with E-state index in [0.29, 0.717) is 39.0 Å². The van der Waals surface area contributed by atoms with Gasteiger partial charge in [-0.3, -0.25) is 9.59 Å². The Morgan fingerprint density at radius 1 is 0.893 bits per heavy atom. The Labute approximate surface area is 170 Å². The van der Waals surface area contributed by atoms with Gasteiger partial charge >= 0.3 is 0 Å². The lowest BCUT2D eigenvalue weighted by Crippen LogP contribution is -2.51. The number of amides is 2. The van der Waals surface area contributed by atoms with Gasteiger partial charge in [-0.1, -0.05) is 32.0 Å². The fourth-order valence-corrected chi connectivity index (χ4v) is 3.72. The molecule has 0 unspecified atom stereocenters. The summed E-state index contributed by atoms with van der Waals surface area (Å²) in [4.78, 5) is 31.0. The largest absolute Gasteiger partial charge is 0.339 e. The van der Waals surface area contributed by atoms with E-state index in [9.17, 15) is 9.59 Å². The van der Waals surface area contributed by atoms with Crippen LogP contribution in [0.5, 0.6) is 0 Å². The molecule has 1 heterocycles. The Kier molecular flexibility index (Phi) is 8.97. The van der Waals surface area contributed by atoms with Crippen LogP contribution in [0, 0.1) is 13.8 Å². The minimum atomic E-state index is 0.216. The minimum absolute atomic E-state index is 0.216. The standard InChI is InChI=1S/C23H37N3O2/c1-5-24(6-2)13-12-23(28)26-16-14-25(15-17-26)22(27)9-7-8-21-11-10-19(3)20(4)18-21/h10-11,18H,5-9,12-17H2,1-4H3. The molecule has 1 aromatic carbocycles. The second kappa shape index (κ2) is 11.2. The molecule has 156 valence electrons. The van der Waals surface area contributed by atoms with E-state index in [1.54, 1.807) is 0 Å². The lowest BCUT2D eigenvalue weighted by molar-refractivity contribution is -0.139. The lowest BCUT2D eigenvalue weighted by atomic mass is 10.0. The first kappa shape index (κ1) is 22.4. The van der Waals surface area contributed by atoms with Crippen LogP contribution >= 0.6 is 0 Å². The highest BCUT2D eigenvalue weighted by molar-refractivity contribution is 5.78. The Morgan fingerprint density at radius 2 is 1.46 bits per heavy atom. The molecule has 5 heteroatoms. The van der Waals surface area contributed by atoms with Crippen LogP contribution in [-0.4, -0.2) is 72.3 Å². The first-order valence-electron chi connectivity index (χ1n) is 10.8. The average Bonchev–Trinajstić information content (AvgIpc) is 2.71. The van der Waals surface area contributed by atoms with Crippen molar-refractivity contribution in [3.63, 3.8) is 0 Å². The third-order valence-electron chi connectivity index (χ3n) is 5.95. The van der Waals surface area contributed by atoms with E-state index in [-0.39, 0.29) is 11.8 Å². The van der Waals surface area contributed by atoms with Gasteiger partial charge in [0.05, 0.1) is 0 Å². The van der Waals surface area contributed by atoms with Gasteiger partial charge in [0, 0.05) is 45.6 Å². The van der Waals surface area contributed by atoms with E-state index in [2.05, 4.69) is 50.8 Å². The number of aryl methyl sites for hydroxylation is 3. The summed E-state index contributed by atoms with van der Waals surface area (Å²) in [5, 5.41) is 0. The number of carbonyl (C=O) groups excluding carboxylic acids is 2. The van der Waals surface area contributed by atoms with Crippen molar-refractivity contribution in [2.45, 2.75) is 53.4 Å². The molecule has 1 aromatic rings. The number of hydrogen-bond acceptors (Lipinski definition) is 3. The molecule has 0 atom stereocenters. The maximum absolute atomic E-state index is 12.5. The van der Waals surface area contributed by atoms with Crippen molar-refractivity contribution in [3.05, 3.63) is 34.9 Å². The van der Waals surface area contributed by atoms with E-state index in [1.807, 2.05) is 9.80 Å². The summed E-state index contributed by atoms with van der Waals surface area (Å²) in [7, 11) is 0. The van der Waals surface area contributed by atoms with Crippen LogP contribution in [0.2, 0.25) is 0 Å². The molecule has 1 fully saturated rings. The summed E-state index contributed by atoms with van der Waals surface area (Å²) in [6, 6.07) is 6.54. The smallest absolute Gasteiger partial charge is 0.223 e. The molecular weight excluding hydrogens is 350 g/mol. The third kappa shape index (κ3) is 6.62. The molecule has 2 amide bonds. The summed E-state index contributed by atoms with van der Waals surface area (Å²) in [5.74, 6) is 0.438. The number of benzene rings is 1. The Morgan fingerprint density at radius 3 is 2.00 bits per heavy atom. The van der Waals surface area contributed by atoms with Gasteiger partial charge < -0.3 is 14.7 Å². The monoisotopic (exact) mass is 387 g/mol. The zero-order chi connectivity index (χ0) is 20.5. The lowest BCUT2D eigenvalue weighted by Gasteiger charge is -2.35. The molecule has 1 saturated heterocycles. The third-order valence-corrected chi connectivity index (χ3v) is 5.95. The van der Waals surface area contributed by atoms with Crippen LogP contribution < -0.4 is 0 Å². The van der Waals surface area contributed by atoms with E-state index < -0.39 is 0 Å². The highest BCUT2D eigenvalue weighted by Gasteiger charge is 2.23. The van der Waals surface area contributed by atoms with Gasteiger partial charge in [-0.25, -0.2) is 0 Å². The van der Waals surface area contributed by atoms with E-state index in [0.717, 1.165) is 32.5 Å². The minimum Gasteiger partial charge on any atom is -0.339 e. The SMILES string of the molecule is CCN(CC)CCC(=O)N1CCN(C(=O)CCCc2ccc(C)c(C)c2)CC1. The molecule has 0 radical (unpaired) electrons. The topological polar surface area (TPSA) is 43.9 Å². The number of piperazine rings is 1. The number of carbonyl (C=O) groups is 2. The van der Waals surface area contributed by atoms with Crippen molar-refractivity contribution in [1.82, 2.24) is 14.7 Å². The van der Waals surface area contributed by atoms with Crippen LogP contribution in [0.15, 0.2) is 18.2 Å². The van der Waals surface area contributed by atoms with Crippen molar-refractivity contribution in [2.24, 2.45) is 0 Å². The van der Waals surface area contributed by atoms with Crippen LogP contribution in [0.3, 0.4) is 0 Å². The van der Waals surface area contributed by atoms with Gasteiger partial charge in [0.15, 0.2) is 0 Å². The first-order valence-corrected chi connectivity index (χ1v) is 10.8. The Bertz CT molecular complexity index is 647. The molecule has 0 N–H and O–H groups in total. The maximum Gasteiger partial charge on any atom is 0.223 e. The normalized spacial score (nSPS) is 14.6. The zero-order valence-corrected chi connectivity index (χ0v) is 18.2. The Hall–Kier alpha value is -1.88. The van der Waals surface area contributed by atoms with Gasteiger partial charge in [-0.05, 0) is 56.5 Å². The highest BCUT2D eigenvalue weighted by atomic mass is 16.2. The van der Waals surface area contributed by atoms with Gasteiger partial charge in [0.1, 0.15) is 0 Å². The second-order valence-electron chi connectivity index (χ2n) is 7.81. The van der Waals surface area contributed by atoms with Gasteiger partial charge in [-0.2, -0.15) is 0 Å². The molecule has 0 bridgehead atoms. The van der Waals surface area contributed by atoms with Crippen molar-refractivity contribution < 1.29 is 9.59 Å². The van der Waals surface area contributed by atoms with Gasteiger partial charge in [0.25, 0.3) is 0 Å². The summed E-state index contributed by atoms with van der Waals surface area (Å²) in [6.07, 6.45) is 2.98. The van der Waals surface area contributed by atoms with Crippen LogP contribution in [-0.2, 0) is 16.0 Å². The first-order chi connectivity index (χ1) is 13.4. The van der Waals surface area contributed by atoms with Crippen molar-refractivity contribution in [3.8, 4) is 0 Å². The number of nitrogens with zero attached hydrogens (tertiary/aromatic N) is 3. The predicted molar refractivity (Wildman–Crippen MR) is 114 cm³/mol. The fourth-order valence-electron chi connectivity index (χ4n) is 3.72. The molecule has 0 aliphatic carbocycles. The molecule has 0 spiro atoms. The number of hydrogen-bond donors (Lipinski definition) is 0. The van der Waals surface area contributed by atoms with Crippen LogP contribution in [0.1, 0.15) is 49.8 Å². The second-order valence-corrected chi connectivity index (χ2v) is 7.81. The van der Waals surface area contributed by atoms with Crippen molar-refractivity contribution in [1.29, 1.82) is 0 Å². The summed E-state index contributed by atoms with van der Waals surface area (Å²) >= 11 is 0. The quantitative estimate of drug-likeness (QED) is 0.654. The Balaban J connectivity index is 1.68. The molecule has 2 rings (SSSR count). The molecule has 5 nitrogen and oxygen atoms in total. The van der Waals surface area contributed by atoms with Crippen LogP contribution in [0.25, 0.3) is 0 Å². The van der Waals surface area contributed by atoms with Gasteiger partial charge in [0.2, 0.25) is 11.8 Å². The molecule has 1 aliphatic heterocycles. The number of rotatable bonds is 9. The fraction of sp³-hybridized carbons (Fsp3) is 0.652. The van der Waals surface area contributed by atoms with E-state index >= 15 is 0 Å². The maximum atomic E-state index is 12.5. The van der Waals surface area contributed by atoms with Gasteiger partial charge in [-0.15, -0.1) is 0 Å². The molecular formula is C23H37N3O2. The van der Waals surface area contributed by atoms with Crippen LogP contribution in [0.4, 0.5) is 0 Å². The zero-order valence-electron chi connectivity index (χ0n) is 18.2. The van der Waals surface area contributed by atoms with E-state index in [4.69, 9.17) is 0 Å². The molecule has 28 heavy (non-hydrogen) atoms. The van der Waals surface area contributed by atoms with E-state index in [1.165, 1.54) is 16.7 Å². The molecule has 1 aliphatic rings. The highest BCUT2D eigenvalue weighted by Crippen LogP contribution is 2.13. The van der Waals surface area contributed by atoms with Crippen molar-refractivity contribution in [2.75, 3.05) is 45.8 Å².